The molecule has 2 heterocycles. The van der Waals surface area contributed by atoms with E-state index in [9.17, 15) is 17.6 Å². The number of sulfonamides is 1. The second-order valence-corrected chi connectivity index (χ2v) is 11.4. The summed E-state index contributed by atoms with van der Waals surface area (Å²) in [7, 11) is -2.37. The first kappa shape index (κ1) is 26.1. The van der Waals surface area contributed by atoms with Crippen molar-refractivity contribution in [2.75, 3.05) is 33.4 Å². The van der Waals surface area contributed by atoms with E-state index in [2.05, 4.69) is 0 Å². The van der Waals surface area contributed by atoms with Gasteiger partial charge in [0.15, 0.2) is 0 Å². The van der Waals surface area contributed by atoms with Crippen LogP contribution in [-0.2, 0) is 21.2 Å². The molecule has 7 nitrogen and oxygen atoms in total. The summed E-state index contributed by atoms with van der Waals surface area (Å²) in [6, 6.07) is 13.5. The minimum Gasteiger partial charge on any atom is -0.497 e. The van der Waals surface area contributed by atoms with Crippen molar-refractivity contribution in [1.29, 1.82) is 0 Å². The van der Waals surface area contributed by atoms with E-state index >= 15 is 0 Å². The van der Waals surface area contributed by atoms with Crippen molar-refractivity contribution in [3.63, 3.8) is 0 Å². The lowest BCUT2D eigenvalue weighted by atomic mass is 10.0. The zero-order valence-corrected chi connectivity index (χ0v) is 21.9. The maximum atomic E-state index is 13.6. The first-order chi connectivity index (χ1) is 17.3. The van der Waals surface area contributed by atoms with Crippen LogP contribution in [0.15, 0.2) is 64.9 Å². The van der Waals surface area contributed by atoms with Gasteiger partial charge in [0.05, 0.1) is 24.6 Å². The van der Waals surface area contributed by atoms with Gasteiger partial charge in [0.1, 0.15) is 23.9 Å². The Morgan fingerprint density at radius 3 is 2.47 bits per heavy atom. The molecule has 10 heteroatoms. The third kappa shape index (κ3) is 5.71. The molecule has 0 saturated heterocycles. The van der Waals surface area contributed by atoms with Crippen LogP contribution in [-0.4, -0.2) is 56.9 Å². The average molecular weight is 533 g/mol. The van der Waals surface area contributed by atoms with Crippen molar-refractivity contribution < 1.29 is 27.1 Å². The van der Waals surface area contributed by atoms with E-state index in [-0.39, 0.29) is 42.4 Å². The smallest absolute Gasteiger partial charge is 0.243 e. The summed E-state index contributed by atoms with van der Waals surface area (Å²) >= 11 is 1.63. The minimum absolute atomic E-state index is 0.111. The molecule has 0 bridgehead atoms. The lowest BCUT2D eigenvalue weighted by Crippen LogP contribution is -2.48. The summed E-state index contributed by atoms with van der Waals surface area (Å²) in [5.41, 5.74) is 1.00. The second-order valence-electron chi connectivity index (χ2n) is 8.43. The Morgan fingerprint density at radius 1 is 1.11 bits per heavy atom. The fraction of sp³-hybridized carbons (Fsp3) is 0.346. The first-order valence-corrected chi connectivity index (χ1v) is 14.0. The highest BCUT2D eigenvalue weighted by atomic mass is 32.2. The number of thiophene rings is 1. The Morgan fingerprint density at radius 2 is 1.81 bits per heavy atom. The largest absolute Gasteiger partial charge is 0.497 e. The molecule has 1 unspecified atom stereocenters. The quantitative estimate of drug-likeness (QED) is 0.384. The van der Waals surface area contributed by atoms with Crippen molar-refractivity contribution in [2.45, 2.75) is 30.7 Å². The van der Waals surface area contributed by atoms with Gasteiger partial charge in [-0.3, -0.25) is 4.79 Å². The number of fused-ring (bicyclic) bond motifs is 1. The Labute approximate surface area is 215 Å². The number of carbonyl (C=O) groups is 1. The van der Waals surface area contributed by atoms with E-state index in [0.29, 0.717) is 30.9 Å². The standard InChI is InChI=1S/C26H29FN2O5S2/c1-3-14-28(36(31,32)22-10-8-20(33-2)9-11-22)17-26(30)29-15-12-25-23(13-16-35-25)24(29)18-34-21-6-4-19(27)5-7-21/h4-11,13,16,24H,3,12,14-15,17-18H2,1-2H3. The summed E-state index contributed by atoms with van der Waals surface area (Å²) in [5, 5.41) is 1.99. The molecule has 0 radical (unpaired) electrons. The van der Waals surface area contributed by atoms with Gasteiger partial charge in [-0.05, 0) is 78.4 Å². The van der Waals surface area contributed by atoms with Gasteiger partial charge < -0.3 is 14.4 Å². The Bertz CT molecular complexity index is 1280. The van der Waals surface area contributed by atoms with Gasteiger partial charge in [-0.2, -0.15) is 4.31 Å². The van der Waals surface area contributed by atoms with Gasteiger partial charge in [-0.15, -0.1) is 11.3 Å². The van der Waals surface area contributed by atoms with Gasteiger partial charge in [-0.1, -0.05) is 6.92 Å². The highest BCUT2D eigenvalue weighted by Crippen LogP contribution is 2.34. The summed E-state index contributed by atoms with van der Waals surface area (Å²) < 4.78 is 52.3. The van der Waals surface area contributed by atoms with Crippen molar-refractivity contribution in [3.05, 3.63) is 76.2 Å². The zero-order chi connectivity index (χ0) is 25.7. The fourth-order valence-corrected chi connectivity index (χ4v) is 6.66. The van der Waals surface area contributed by atoms with Crippen LogP contribution in [0.1, 0.15) is 29.8 Å². The summed E-state index contributed by atoms with van der Waals surface area (Å²) in [4.78, 5) is 16.6. The van der Waals surface area contributed by atoms with Crippen molar-refractivity contribution in [3.8, 4) is 11.5 Å². The molecule has 4 rings (SSSR count). The Kier molecular flexibility index (Phi) is 8.28. The third-order valence-electron chi connectivity index (χ3n) is 6.12. The van der Waals surface area contributed by atoms with E-state index < -0.39 is 10.0 Å². The molecular weight excluding hydrogens is 503 g/mol. The third-order valence-corrected chi connectivity index (χ3v) is 8.97. The maximum Gasteiger partial charge on any atom is 0.243 e. The molecule has 0 fully saturated rings. The van der Waals surface area contributed by atoms with Crippen LogP contribution < -0.4 is 9.47 Å². The lowest BCUT2D eigenvalue weighted by Gasteiger charge is -2.37. The Balaban J connectivity index is 1.54. The van der Waals surface area contributed by atoms with E-state index in [1.165, 1.54) is 40.6 Å². The molecule has 0 aliphatic carbocycles. The van der Waals surface area contributed by atoms with E-state index in [0.717, 1.165) is 5.56 Å². The number of rotatable bonds is 10. The topological polar surface area (TPSA) is 76.2 Å². The SMILES string of the molecule is CCCN(CC(=O)N1CCc2sccc2C1COc1ccc(F)cc1)S(=O)(=O)c1ccc(OC)cc1. The summed E-state index contributed by atoms with van der Waals surface area (Å²) in [6.07, 6.45) is 1.26. The summed E-state index contributed by atoms with van der Waals surface area (Å²) in [5.74, 6) is 0.410. The van der Waals surface area contributed by atoms with Crippen LogP contribution in [0.25, 0.3) is 0 Å². The van der Waals surface area contributed by atoms with Gasteiger partial charge in [0.25, 0.3) is 0 Å². The molecule has 1 amide bonds. The summed E-state index contributed by atoms with van der Waals surface area (Å²) in [6.45, 7) is 2.47. The van der Waals surface area contributed by atoms with Gasteiger partial charge in [0.2, 0.25) is 15.9 Å². The van der Waals surface area contributed by atoms with E-state index in [4.69, 9.17) is 9.47 Å². The number of amides is 1. The number of carbonyl (C=O) groups excluding carboxylic acids is 1. The molecule has 1 aliphatic rings. The lowest BCUT2D eigenvalue weighted by molar-refractivity contribution is -0.135. The van der Waals surface area contributed by atoms with Crippen molar-refractivity contribution >= 4 is 27.3 Å². The molecule has 1 aromatic heterocycles. The maximum absolute atomic E-state index is 13.6. The molecule has 0 spiro atoms. The molecule has 1 aliphatic heterocycles. The van der Waals surface area contributed by atoms with Crippen LogP contribution in [0, 0.1) is 5.82 Å². The monoisotopic (exact) mass is 532 g/mol. The van der Waals surface area contributed by atoms with Crippen LogP contribution >= 0.6 is 11.3 Å². The van der Waals surface area contributed by atoms with E-state index in [1.54, 1.807) is 40.5 Å². The molecule has 2 aromatic carbocycles. The van der Waals surface area contributed by atoms with Crippen LogP contribution in [0.4, 0.5) is 4.39 Å². The normalized spacial score (nSPS) is 15.6. The van der Waals surface area contributed by atoms with Crippen LogP contribution in [0.3, 0.4) is 0 Å². The van der Waals surface area contributed by atoms with E-state index in [1.807, 2.05) is 18.4 Å². The second kappa shape index (κ2) is 11.4. The molecular formula is C26H29FN2O5S2. The van der Waals surface area contributed by atoms with Gasteiger partial charge in [-0.25, -0.2) is 12.8 Å². The molecule has 1 atom stereocenters. The highest BCUT2D eigenvalue weighted by Gasteiger charge is 2.35. The predicted octanol–water partition coefficient (Wildman–Crippen LogP) is 4.50. The number of methoxy groups -OCH3 is 1. The zero-order valence-electron chi connectivity index (χ0n) is 20.2. The fourth-order valence-electron chi connectivity index (χ4n) is 4.25. The molecule has 0 N–H and O–H groups in total. The average Bonchev–Trinajstić information content (AvgIpc) is 3.37. The van der Waals surface area contributed by atoms with Gasteiger partial charge in [0, 0.05) is 18.0 Å². The minimum atomic E-state index is -3.88. The predicted molar refractivity (Wildman–Crippen MR) is 136 cm³/mol. The highest BCUT2D eigenvalue weighted by molar-refractivity contribution is 7.89. The van der Waals surface area contributed by atoms with Crippen molar-refractivity contribution in [2.24, 2.45) is 0 Å². The number of benzene rings is 2. The van der Waals surface area contributed by atoms with Crippen LogP contribution in [0.5, 0.6) is 11.5 Å². The first-order valence-electron chi connectivity index (χ1n) is 11.7. The number of nitrogens with zero attached hydrogens (tertiary/aromatic N) is 2. The van der Waals surface area contributed by atoms with Crippen molar-refractivity contribution in [1.82, 2.24) is 9.21 Å². The number of ether oxygens (including phenoxy) is 2. The molecule has 192 valence electrons. The molecule has 0 saturated carbocycles. The molecule has 36 heavy (non-hydrogen) atoms. The number of halogens is 1. The van der Waals surface area contributed by atoms with Gasteiger partial charge >= 0.3 is 0 Å². The number of hydrogen-bond donors (Lipinski definition) is 0. The molecule has 3 aromatic rings. The Hall–Kier alpha value is -2.95. The number of hydrogen-bond acceptors (Lipinski definition) is 6. The van der Waals surface area contributed by atoms with Crippen LogP contribution in [0.2, 0.25) is 0 Å².